The van der Waals surface area contributed by atoms with Crippen molar-refractivity contribution in [3.8, 4) is 0 Å². The number of hydrogen-bond acceptors (Lipinski definition) is 4. The molecule has 0 unspecified atom stereocenters. The molecule has 1 N–H and O–H groups in total. The number of carbonyl (C=O) groups is 2. The number of hydrazone groups is 1. The average molecular weight is 315 g/mol. The van der Waals surface area contributed by atoms with Crippen LogP contribution in [0.5, 0.6) is 0 Å². The van der Waals surface area contributed by atoms with Crippen molar-refractivity contribution >= 4 is 17.4 Å². The number of rotatable bonds is 4. The van der Waals surface area contributed by atoms with Crippen LogP contribution in [-0.4, -0.2) is 28.6 Å². The van der Waals surface area contributed by atoms with Crippen LogP contribution in [0.4, 0.5) is 13.2 Å². The van der Waals surface area contributed by atoms with E-state index in [4.69, 9.17) is 0 Å². The predicted octanol–water partition coefficient (Wildman–Crippen LogP) is 2.74. The summed E-state index contributed by atoms with van der Waals surface area (Å²) in [5.74, 6) is -1.44. The Balaban J connectivity index is 2.89. The molecule has 1 rings (SSSR count). The molecule has 0 bridgehead atoms. The summed E-state index contributed by atoms with van der Waals surface area (Å²) in [6.45, 7) is 4.54. The van der Waals surface area contributed by atoms with E-state index in [0.717, 1.165) is 0 Å². The number of Topliss-reactive ketones (excluding diaryl/α,β-unsaturated/α-hetero) is 1. The highest BCUT2D eigenvalue weighted by molar-refractivity contribution is 6.07. The first-order valence-electron chi connectivity index (χ1n) is 6.39. The quantitative estimate of drug-likeness (QED) is 0.686. The van der Waals surface area contributed by atoms with Crippen LogP contribution in [0, 0.1) is 5.41 Å². The van der Waals surface area contributed by atoms with Crippen LogP contribution < -0.4 is 5.43 Å². The Morgan fingerprint density at radius 1 is 1.18 bits per heavy atom. The van der Waals surface area contributed by atoms with Crippen LogP contribution in [0.15, 0.2) is 29.6 Å². The standard InChI is InChI=1S/C14H16F3N3O2/c1-13(2,3)11(21)8-10(14(15,16)17)19-20-12(22)9-4-6-18-7-5-9/h4-7H,8H2,1-3H3,(H,20,22). The third-order valence-electron chi connectivity index (χ3n) is 2.73. The lowest BCUT2D eigenvalue weighted by Gasteiger charge is -2.18. The maximum atomic E-state index is 12.9. The minimum Gasteiger partial charge on any atom is -0.299 e. The van der Waals surface area contributed by atoms with E-state index in [2.05, 4.69) is 10.1 Å². The summed E-state index contributed by atoms with van der Waals surface area (Å²) < 4.78 is 38.6. The summed E-state index contributed by atoms with van der Waals surface area (Å²) >= 11 is 0. The molecular formula is C14H16F3N3O2. The van der Waals surface area contributed by atoms with Crippen molar-refractivity contribution < 1.29 is 22.8 Å². The lowest BCUT2D eigenvalue weighted by atomic mass is 9.88. The van der Waals surface area contributed by atoms with Gasteiger partial charge in [-0.05, 0) is 12.1 Å². The van der Waals surface area contributed by atoms with Crippen LogP contribution >= 0.6 is 0 Å². The Morgan fingerprint density at radius 2 is 1.73 bits per heavy atom. The van der Waals surface area contributed by atoms with E-state index in [9.17, 15) is 22.8 Å². The number of halogens is 3. The molecule has 1 aromatic rings. The van der Waals surface area contributed by atoms with Crippen molar-refractivity contribution in [1.29, 1.82) is 0 Å². The van der Waals surface area contributed by atoms with Gasteiger partial charge in [0, 0.05) is 23.4 Å². The third kappa shape index (κ3) is 5.27. The summed E-state index contributed by atoms with van der Waals surface area (Å²) in [6.07, 6.45) is -3.05. The van der Waals surface area contributed by atoms with Crippen LogP contribution in [0.25, 0.3) is 0 Å². The van der Waals surface area contributed by atoms with Gasteiger partial charge in [0.2, 0.25) is 0 Å². The zero-order chi connectivity index (χ0) is 17.0. The number of nitrogens with zero attached hydrogens (tertiary/aromatic N) is 2. The molecule has 0 spiro atoms. The largest absolute Gasteiger partial charge is 0.431 e. The van der Waals surface area contributed by atoms with Gasteiger partial charge in [-0.25, -0.2) is 5.43 Å². The maximum absolute atomic E-state index is 12.9. The molecule has 0 fully saturated rings. The van der Waals surface area contributed by atoms with Gasteiger partial charge in [-0.2, -0.15) is 18.3 Å². The fourth-order valence-corrected chi connectivity index (χ4v) is 1.31. The van der Waals surface area contributed by atoms with Gasteiger partial charge in [0.15, 0.2) is 0 Å². The van der Waals surface area contributed by atoms with E-state index in [1.54, 1.807) is 0 Å². The number of amides is 1. The lowest BCUT2D eigenvalue weighted by molar-refractivity contribution is -0.126. The monoisotopic (exact) mass is 315 g/mol. The fraction of sp³-hybridized carbons (Fsp3) is 0.429. The number of alkyl halides is 3. The Labute approximate surface area is 125 Å². The highest BCUT2D eigenvalue weighted by atomic mass is 19.4. The molecule has 8 heteroatoms. The topological polar surface area (TPSA) is 71.4 Å². The van der Waals surface area contributed by atoms with Crippen LogP contribution in [-0.2, 0) is 4.79 Å². The molecule has 0 saturated carbocycles. The van der Waals surface area contributed by atoms with Gasteiger partial charge >= 0.3 is 6.18 Å². The van der Waals surface area contributed by atoms with Crippen molar-refractivity contribution in [1.82, 2.24) is 10.4 Å². The Kier molecular flexibility index (Phi) is 5.40. The van der Waals surface area contributed by atoms with Crippen molar-refractivity contribution in [2.45, 2.75) is 33.4 Å². The van der Waals surface area contributed by atoms with E-state index in [-0.39, 0.29) is 5.56 Å². The van der Waals surface area contributed by atoms with Crippen molar-refractivity contribution in [2.75, 3.05) is 0 Å². The second-order valence-electron chi connectivity index (χ2n) is 5.58. The Bertz CT molecular complexity index is 575. The van der Waals surface area contributed by atoms with Gasteiger partial charge < -0.3 is 0 Å². The lowest BCUT2D eigenvalue weighted by Crippen LogP contribution is -2.33. The summed E-state index contributed by atoms with van der Waals surface area (Å²) in [7, 11) is 0. The minimum atomic E-state index is -4.80. The summed E-state index contributed by atoms with van der Waals surface area (Å²) in [5.41, 5.74) is -0.343. The van der Waals surface area contributed by atoms with E-state index >= 15 is 0 Å². The first kappa shape index (κ1) is 17.8. The molecule has 0 saturated heterocycles. The molecule has 1 aromatic heterocycles. The zero-order valence-corrected chi connectivity index (χ0v) is 12.4. The van der Waals surface area contributed by atoms with E-state index in [0.29, 0.717) is 0 Å². The minimum absolute atomic E-state index is 0.113. The van der Waals surface area contributed by atoms with E-state index in [1.165, 1.54) is 45.3 Å². The average Bonchev–Trinajstić information content (AvgIpc) is 2.41. The van der Waals surface area contributed by atoms with Gasteiger partial charge in [-0.3, -0.25) is 14.6 Å². The molecule has 22 heavy (non-hydrogen) atoms. The van der Waals surface area contributed by atoms with Crippen molar-refractivity contribution in [3.63, 3.8) is 0 Å². The number of nitrogens with one attached hydrogen (secondary N) is 1. The molecule has 0 aliphatic carbocycles. The second-order valence-corrected chi connectivity index (χ2v) is 5.58. The molecule has 0 radical (unpaired) electrons. The normalized spacial score (nSPS) is 12.9. The third-order valence-corrected chi connectivity index (χ3v) is 2.73. The van der Waals surface area contributed by atoms with Gasteiger partial charge in [0.1, 0.15) is 11.5 Å². The molecule has 0 aliphatic rings. The number of hydrogen-bond donors (Lipinski definition) is 1. The molecule has 0 atom stereocenters. The predicted molar refractivity (Wildman–Crippen MR) is 74.3 cm³/mol. The number of carbonyl (C=O) groups excluding carboxylic acids is 2. The SMILES string of the molecule is CC(C)(C)C(=O)CC(=NNC(=O)c1ccncc1)C(F)(F)F. The van der Waals surface area contributed by atoms with E-state index < -0.39 is 35.4 Å². The summed E-state index contributed by atoms with van der Waals surface area (Å²) in [5, 5.41) is 3.08. The fourth-order valence-electron chi connectivity index (χ4n) is 1.31. The first-order valence-corrected chi connectivity index (χ1v) is 6.39. The number of aromatic nitrogens is 1. The van der Waals surface area contributed by atoms with Gasteiger partial charge in [0.05, 0.1) is 6.42 Å². The molecular weight excluding hydrogens is 299 g/mol. The number of ketones is 1. The van der Waals surface area contributed by atoms with E-state index in [1.807, 2.05) is 5.43 Å². The van der Waals surface area contributed by atoms with Crippen LogP contribution in [0.1, 0.15) is 37.6 Å². The smallest absolute Gasteiger partial charge is 0.299 e. The van der Waals surface area contributed by atoms with Gasteiger partial charge in [-0.15, -0.1) is 0 Å². The van der Waals surface area contributed by atoms with Gasteiger partial charge in [-0.1, -0.05) is 20.8 Å². The summed E-state index contributed by atoms with van der Waals surface area (Å²) in [4.78, 5) is 27.1. The Hall–Kier alpha value is -2.25. The maximum Gasteiger partial charge on any atom is 0.431 e. The van der Waals surface area contributed by atoms with Crippen LogP contribution in [0.3, 0.4) is 0 Å². The van der Waals surface area contributed by atoms with Gasteiger partial charge in [0.25, 0.3) is 5.91 Å². The highest BCUT2D eigenvalue weighted by Gasteiger charge is 2.39. The Morgan fingerprint density at radius 3 is 2.18 bits per heavy atom. The van der Waals surface area contributed by atoms with Crippen LogP contribution in [0.2, 0.25) is 0 Å². The molecule has 1 amide bonds. The van der Waals surface area contributed by atoms with Crippen molar-refractivity contribution in [3.05, 3.63) is 30.1 Å². The molecule has 120 valence electrons. The molecule has 1 heterocycles. The number of pyridine rings is 1. The highest BCUT2D eigenvalue weighted by Crippen LogP contribution is 2.24. The zero-order valence-electron chi connectivity index (χ0n) is 12.4. The molecule has 0 aromatic carbocycles. The van der Waals surface area contributed by atoms with Crippen molar-refractivity contribution in [2.24, 2.45) is 10.5 Å². The molecule has 5 nitrogen and oxygen atoms in total. The first-order chi connectivity index (χ1) is 10.0. The molecule has 0 aliphatic heterocycles. The second kappa shape index (κ2) is 6.67. The summed E-state index contributed by atoms with van der Waals surface area (Å²) in [6, 6.07) is 2.66.